The Morgan fingerprint density at radius 3 is 2.56 bits per heavy atom. The summed E-state index contributed by atoms with van der Waals surface area (Å²) < 4.78 is 21.8. The smallest absolute Gasteiger partial charge is 0.354 e. The monoisotopic (exact) mass is 438 g/mol. The summed E-state index contributed by atoms with van der Waals surface area (Å²) in [5.74, 6) is -0.757. The molecule has 0 spiro atoms. The molecule has 1 N–H and O–H groups in total. The average molecular weight is 439 g/mol. The van der Waals surface area contributed by atoms with Crippen molar-refractivity contribution in [1.82, 2.24) is 14.8 Å². The maximum Gasteiger partial charge on any atom is 0.354 e. The summed E-state index contributed by atoms with van der Waals surface area (Å²) in [6.45, 7) is 1.05. The third-order valence-corrected chi connectivity index (χ3v) is 6.76. The molecule has 0 unspecified atom stereocenters. The van der Waals surface area contributed by atoms with Crippen molar-refractivity contribution < 1.29 is 19.0 Å². The first kappa shape index (κ1) is 20.9. The lowest BCUT2D eigenvalue weighted by molar-refractivity contribution is 0.0228. The number of alkyl halides is 1. The van der Waals surface area contributed by atoms with Crippen LogP contribution in [0, 0.1) is 0 Å². The topological polar surface area (TPSA) is 80.5 Å². The molecule has 7 nitrogen and oxygen atoms in total. The molecule has 5 rings (SSSR count). The molecular weight excluding hydrogens is 411 g/mol. The van der Waals surface area contributed by atoms with E-state index in [-0.39, 0.29) is 12.3 Å². The van der Waals surface area contributed by atoms with Gasteiger partial charge in [-0.15, -0.1) is 0 Å². The van der Waals surface area contributed by atoms with Crippen LogP contribution in [-0.4, -0.2) is 58.3 Å². The number of para-hydroxylation sites is 1. The van der Waals surface area contributed by atoms with Gasteiger partial charge in [0.2, 0.25) is 0 Å². The van der Waals surface area contributed by atoms with E-state index in [9.17, 15) is 9.90 Å². The summed E-state index contributed by atoms with van der Waals surface area (Å²) in [5, 5.41) is 15.6. The van der Waals surface area contributed by atoms with E-state index in [1.165, 1.54) is 7.11 Å². The van der Waals surface area contributed by atoms with Gasteiger partial charge in [-0.05, 0) is 31.0 Å². The molecule has 0 atom stereocenters. The minimum absolute atomic E-state index is 0.0290. The normalized spacial score (nSPS) is 18.6. The van der Waals surface area contributed by atoms with E-state index in [0.717, 1.165) is 41.7 Å². The number of benzene rings is 1. The number of nitrogens with zero attached hydrogens (tertiary/aromatic N) is 4. The molecule has 32 heavy (non-hydrogen) atoms. The van der Waals surface area contributed by atoms with Gasteiger partial charge in [-0.25, -0.2) is 18.9 Å². The summed E-state index contributed by atoms with van der Waals surface area (Å²) >= 11 is 0. The number of carbonyl (C=O) groups is 1. The molecular formula is C24H27FN4O3. The van der Waals surface area contributed by atoms with Crippen LogP contribution in [0.15, 0.2) is 36.4 Å². The molecule has 1 aromatic carbocycles. The van der Waals surface area contributed by atoms with Gasteiger partial charge >= 0.3 is 5.97 Å². The van der Waals surface area contributed by atoms with Crippen LogP contribution in [0.3, 0.4) is 0 Å². The summed E-state index contributed by atoms with van der Waals surface area (Å²) in [5.41, 5.74) is 1.75. The van der Waals surface area contributed by atoms with Crippen molar-refractivity contribution in [2.24, 2.45) is 0 Å². The largest absolute Gasteiger partial charge is 0.477 e. The Morgan fingerprint density at radius 1 is 1.25 bits per heavy atom. The predicted molar refractivity (Wildman–Crippen MR) is 120 cm³/mol. The molecule has 168 valence electrons. The molecule has 2 fully saturated rings. The van der Waals surface area contributed by atoms with Crippen molar-refractivity contribution in [3.8, 4) is 5.69 Å². The first-order valence-corrected chi connectivity index (χ1v) is 11.1. The Kier molecular flexibility index (Phi) is 5.33. The molecule has 0 bridgehead atoms. The number of hydrogen-bond acceptors (Lipinski definition) is 5. The van der Waals surface area contributed by atoms with E-state index >= 15 is 4.39 Å². The van der Waals surface area contributed by atoms with Gasteiger partial charge in [0.25, 0.3) is 0 Å². The van der Waals surface area contributed by atoms with E-state index < -0.39 is 11.6 Å². The Balaban J connectivity index is 1.67. The molecule has 2 aromatic heterocycles. The zero-order valence-corrected chi connectivity index (χ0v) is 18.1. The first-order valence-electron chi connectivity index (χ1n) is 11.1. The molecule has 1 aliphatic heterocycles. The Bertz CT molecular complexity index is 1140. The highest BCUT2D eigenvalue weighted by molar-refractivity contribution is 5.98. The molecule has 8 heteroatoms. The second-order valence-electron chi connectivity index (χ2n) is 8.86. The standard InChI is InChI=1S/C24H27FN4O3/c1-32-15-24(25)10-12-28(13-11-24)19-14-18(23(30)31)26-22-20(19)21(16-6-5-7-16)27-29(22)17-8-3-2-4-9-17/h2-4,8-9,14,16H,5-7,10-13,15H2,1H3,(H,30,31). The van der Waals surface area contributed by atoms with Gasteiger partial charge in [0.15, 0.2) is 11.3 Å². The number of anilines is 1. The third kappa shape index (κ3) is 3.62. The Hall–Kier alpha value is -3.00. The van der Waals surface area contributed by atoms with Crippen LogP contribution >= 0.6 is 0 Å². The maximum atomic E-state index is 15.0. The number of carboxylic acids is 1. The van der Waals surface area contributed by atoms with E-state index in [4.69, 9.17) is 9.84 Å². The number of carboxylic acid groups (broad SMARTS) is 1. The quantitative estimate of drug-likeness (QED) is 0.617. The van der Waals surface area contributed by atoms with Crippen molar-refractivity contribution in [2.45, 2.75) is 43.7 Å². The minimum Gasteiger partial charge on any atom is -0.477 e. The van der Waals surface area contributed by atoms with E-state index in [2.05, 4.69) is 9.88 Å². The van der Waals surface area contributed by atoms with Crippen LogP contribution in [0.1, 0.15) is 54.2 Å². The van der Waals surface area contributed by atoms with Gasteiger partial charge in [0, 0.05) is 39.0 Å². The van der Waals surface area contributed by atoms with Gasteiger partial charge in [0.05, 0.1) is 29.1 Å². The number of hydrogen-bond donors (Lipinski definition) is 1. The average Bonchev–Trinajstić information content (AvgIpc) is 3.12. The number of ether oxygens (including phenoxy) is 1. The Labute approximate surface area is 185 Å². The summed E-state index contributed by atoms with van der Waals surface area (Å²) in [4.78, 5) is 18.5. The predicted octanol–water partition coefficient (Wildman–Crippen LogP) is 4.34. The van der Waals surface area contributed by atoms with E-state index in [1.54, 1.807) is 10.7 Å². The van der Waals surface area contributed by atoms with Crippen molar-refractivity contribution in [1.29, 1.82) is 0 Å². The second-order valence-corrected chi connectivity index (χ2v) is 8.86. The zero-order chi connectivity index (χ0) is 22.3. The van der Waals surface area contributed by atoms with Crippen molar-refractivity contribution in [2.75, 3.05) is 31.7 Å². The molecule has 0 radical (unpaired) electrons. The lowest BCUT2D eigenvalue weighted by atomic mass is 9.81. The Morgan fingerprint density at radius 2 is 1.97 bits per heavy atom. The SMILES string of the molecule is COCC1(F)CCN(c2cc(C(=O)O)nc3c2c(C2CCC2)nn3-c2ccccc2)CC1. The number of aromatic carboxylic acids is 1. The van der Waals surface area contributed by atoms with Crippen LogP contribution < -0.4 is 4.90 Å². The van der Waals surface area contributed by atoms with Crippen LogP contribution in [0.25, 0.3) is 16.7 Å². The molecule has 2 aliphatic rings. The highest BCUT2D eigenvalue weighted by Crippen LogP contribution is 2.43. The van der Waals surface area contributed by atoms with Crippen LogP contribution in [0.5, 0.6) is 0 Å². The van der Waals surface area contributed by atoms with Crippen LogP contribution in [-0.2, 0) is 4.74 Å². The lowest BCUT2D eigenvalue weighted by Gasteiger charge is -2.37. The lowest BCUT2D eigenvalue weighted by Crippen LogP contribution is -2.44. The van der Waals surface area contributed by atoms with E-state index in [0.29, 0.717) is 37.5 Å². The number of fused-ring (bicyclic) bond motifs is 1. The highest BCUT2D eigenvalue weighted by atomic mass is 19.1. The molecule has 1 aliphatic carbocycles. The molecule has 1 saturated carbocycles. The van der Waals surface area contributed by atoms with Crippen molar-refractivity contribution in [3.63, 3.8) is 0 Å². The number of halogens is 1. The zero-order valence-electron chi connectivity index (χ0n) is 18.1. The number of piperidine rings is 1. The van der Waals surface area contributed by atoms with Gasteiger partial charge in [-0.1, -0.05) is 24.6 Å². The number of pyridine rings is 1. The van der Waals surface area contributed by atoms with Gasteiger partial charge in [0.1, 0.15) is 5.67 Å². The number of aromatic nitrogens is 3. The molecule has 3 aromatic rings. The fraction of sp³-hybridized carbons (Fsp3) is 0.458. The summed E-state index contributed by atoms with van der Waals surface area (Å²) in [6.07, 6.45) is 3.94. The summed E-state index contributed by atoms with van der Waals surface area (Å²) in [6, 6.07) is 11.3. The van der Waals surface area contributed by atoms with Crippen molar-refractivity contribution in [3.05, 3.63) is 47.8 Å². The van der Waals surface area contributed by atoms with Crippen molar-refractivity contribution >= 4 is 22.7 Å². The highest BCUT2D eigenvalue weighted by Gasteiger charge is 2.37. The fourth-order valence-electron chi connectivity index (χ4n) is 4.75. The second kappa shape index (κ2) is 8.16. The van der Waals surface area contributed by atoms with Gasteiger partial charge in [-0.2, -0.15) is 5.10 Å². The molecule has 1 saturated heterocycles. The number of methoxy groups -OCH3 is 1. The summed E-state index contributed by atoms with van der Waals surface area (Å²) in [7, 11) is 1.52. The van der Waals surface area contributed by atoms with Crippen LogP contribution in [0.4, 0.5) is 10.1 Å². The van der Waals surface area contributed by atoms with E-state index in [1.807, 2.05) is 30.3 Å². The molecule has 0 amide bonds. The minimum atomic E-state index is -1.35. The number of rotatable bonds is 6. The van der Waals surface area contributed by atoms with Gasteiger partial charge in [-0.3, -0.25) is 0 Å². The fourth-order valence-corrected chi connectivity index (χ4v) is 4.75. The maximum absolute atomic E-state index is 15.0. The molecule has 3 heterocycles. The van der Waals surface area contributed by atoms with Crippen LogP contribution in [0.2, 0.25) is 0 Å². The van der Waals surface area contributed by atoms with Gasteiger partial charge < -0.3 is 14.7 Å². The first-order chi connectivity index (χ1) is 15.5. The third-order valence-electron chi connectivity index (χ3n) is 6.76.